The second-order valence-electron chi connectivity index (χ2n) is 35.4. The highest BCUT2D eigenvalue weighted by atomic mass is 35.5. The van der Waals surface area contributed by atoms with Gasteiger partial charge in [0.25, 0.3) is 5.91 Å². The van der Waals surface area contributed by atoms with Crippen molar-refractivity contribution >= 4 is 155 Å². The Balaban J connectivity index is 0.000000125. The minimum absolute atomic E-state index is 0.114. The number of amides is 5. The molecule has 5 amide bonds. The molecule has 0 aromatic carbocycles. The van der Waals surface area contributed by atoms with Crippen molar-refractivity contribution in [2.45, 2.75) is 259 Å². The predicted molar refractivity (Wildman–Crippen MR) is 499 cm³/mol. The summed E-state index contributed by atoms with van der Waals surface area (Å²) < 4.78 is 14.2. The maximum Gasteiger partial charge on any atom is 0.374 e. The molecule has 130 heavy (non-hydrogen) atoms. The highest BCUT2D eigenvalue weighted by Crippen LogP contribution is 2.38. The number of nitrogens with zero attached hydrogens (tertiary/aromatic N) is 24. The quantitative estimate of drug-likeness (QED) is 0.0178. The van der Waals surface area contributed by atoms with E-state index in [0.29, 0.717) is 164 Å². The first-order valence-electron chi connectivity index (χ1n) is 46.7. The zero-order chi connectivity index (χ0) is 91.8. The Morgan fingerprint density at radius 2 is 0.808 bits per heavy atom. The van der Waals surface area contributed by atoms with Crippen molar-refractivity contribution in [3.05, 3.63) is 70.5 Å². The Bertz CT molecular complexity index is 5540. The van der Waals surface area contributed by atoms with Crippen LogP contribution >= 0.6 is 46.4 Å². The smallest absolute Gasteiger partial charge is 0.374 e. The topological polar surface area (TPSA) is 455 Å². The molecule has 10 aromatic rings. The number of esters is 1. The number of aryl methyl sites for hydroxylation is 5. The summed E-state index contributed by atoms with van der Waals surface area (Å²) >= 11 is 23.6. The molecular weight excluding hydrogens is 1740 g/mol. The van der Waals surface area contributed by atoms with Crippen LogP contribution in [0.3, 0.4) is 0 Å². The molecule has 0 bridgehead atoms. The van der Waals surface area contributed by atoms with Gasteiger partial charge in [-0.3, -0.25) is 33.1 Å². The Hall–Kier alpha value is -9.99. The van der Waals surface area contributed by atoms with Crippen LogP contribution in [0.4, 0.5) is 17.5 Å². The summed E-state index contributed by atoms with van der Waals surface area (Å²) in [5.74, 6) is 5.74. The second kappa shape index (κ2) is 45.0. The molecule has 4 atom stereocenters. The van der Waals surface area contributed by atoms with Crippen LogP contribution < -0.4 is 38.1 Å². The summed E-state index contributed by atoms with van der Waals surface area (Å²) in [6.45, 7) is 27.5. The Kier molecular flexibility index (Phi) is 33.2. The van der Waals surface area contributed by atoms with Crippen molar-refractivity contribution in [3.8, 4) is 0 Å². The molecule has 11 fully saturated rings. The fourth-order valence-electron chi connectivity index (χ4n) is 16.6. The third kappa shape index (κ3) is 24.8. The van der Waals surface area contributed by atoms with Gasteiger partial charge in [0.1, 0.15) is 42.7 Å². The third-order valence-corrected chi connectivity index (χ3v) is 26.0. The molecule has 4 aliphatic heterocycles. The number of likely N-dealkylation sites (tertiary alicyclic amines) is 4. The Morgan fingerprint density at radius 1 is 0.415 bits per heavy atom. The Labute approximate surface area is 776 Å². The molecule has 38 nitrogen and oxygen atoms in total. The van der Waals surface area contributed by atoms with Crippen LogP contribution in [0.25, 0.3) is 55.8 Å². The van der Waals surface area contributed by atoms with Gasteiger partial charge in [-0.05, 0) is 199 Å². The van der Waals surface area contributed by atoms with Crippen molar-refractivity contribution < 1.29 is 33.5 Å². The number of aromatic nitrogens is 20. The summed E-state index contributed by atoms with van der Waals surface area (Å²) in [4.78, 5) is 144. The zero-order valence-electron chi connectivity index (χ0n) is 75.8. The molecule has 4 saturated heterocycles. The summed E-state index contributed by atoms with van der Waals surface area (Å²) in [5.41, 5.74) is 17.4. The number of hydrogen-bond acceptors (Lipinski definition) is 28. The van der Waals surface area contributed by atoms with Crippen LogP contribution in [0.5, 0.6) is 0 Å². The predicted octanol–water partition coefficient (Wildman–Crippen LogP) is 11.1. The number of imidazole rings is 5. The van der Waals surface area contributed by atoms with E-state index in [-0.39, 0.29) is 72.1 Å². The van der Waals surface area contributed by atoms with Gasteiger partial charge < -0.3 is 76.1 Å². The standard InChI is InChI=1S/C20H27N7O2.C18H24N6O3.C15H19ClN6O.C9H19N.C8H14N2O.C7H6Cl2N4.C7H7ClN4.C4H9N/c1-2-27-17-15(25-18(27)19(28)21-9-12-3-4-12)16(22-11-23-17)24-14-7-8-26(10-14)20(29)13-5-6-13;1-3-24-15-13(22-16(24)18(26)27-4-2)14(19-10-20-15)21-12-7-8-23(9-12)17(25)11-5-6-11;1-2-22-13-11(20-15(22)16)12(17-8-18-13)19-10-5-6-21(7-10)14(23)9-3-4-9;1-8(2)10-9-6-4-3-5-7-9;9-7-3-4-10(5-7)8(11)6-1-2-6;1-2-13-6-4(12-7(13)9)5(8)10-3-11-6;1-2-12-4-11-5-6(8)9-3-10-7(5)12;5-3-4-1-2-4/h11-14H,2-10H2,1H3,(H,21,28)(H,22,23,24);10-12H,3-9H2,1-2H3,(H,19,20,21);8-10H,2-7H2,1H3,(H,17,18,19);8-10H,3-7H2,1-2H3;6-7H,1-5,9H2;3H,2H2,1H3;3-4H,2H2,1H3;4H,1-3,5H2/t14-;12-;10-;;7-;;;/m000.0.../s1. The van der Waals surface area contributed by atoms with Crippen molar-refractivity contribution in [3.63, 3.8) is 0 Å². The van der Waals surface area contributed by atoms with Gasteiger partial charge in [0.15, 0.2) is 72.5 Å². The van der Waals surface area contributed by atoms with Gasteiger partial charge in [-0.2, -0.15) is 0 Å². The van der Waals surface area contributed by atoms with E-state index in [2.05, 4.69) is 115 Å². The molecule has 11 aliphatic rings. The van der Waals surface area contributed by atoms with Crippen molar-refractivity contribution in [1.82, 2.24) is 128 Å². The third-order valence-electron chi connectivity index (χ3n) is 24.8. The van der Waals surface area contributed by atoms with E-state index in [4.69, 9.17) is 62.6 Å². The van der Waals surface area contributed by atoms with E-state index < -0.39 is 5.97 Å². The lowest BCUT2D eigenvalue weighted by Crippen LogP contribution is -2.35. The minimum atomic E-state index is -0.467. The first-order chi connectivity index (χ1) is 63.0. The first-order valence-corrected chi connectivity index (χ1v) is 48.2. The van der Waals surface area contributed by atoms with E-state index in [1.165, 1.54) is 89.4 Å². The van der Waals surface area contributed by atoms with Crippen LogP contribution in [-0.2, 0) is 56.6 Å². The zero-order valence-corrected chi connectivity index (χ0v) is 78.8. The summed E-state index contributed by atoms with van der Waals surface area (Å²) in [6, 6.07) is 2.18. The van der Waals surface area contributed by atoms with Crippen LogP contribution in [0.2, 0.25) is 20.9 Å². The monoisotopic (exact) mass is 1870 g/mol. The molecule has 9 N–H and O–H groups in total. The maximum absolute atomic E-state index is 12.7. The molecular formula is C88H125Cl4N31O7. The van der Waals surface area contributed by atoms with Crippen molar-refractivity contribution in [1.29, 1.82) is 0 Å². The van der Waals surface area contributed by atoms with Crippen LogP contribution in [-0.4, -0.2) is 261 Å². The van der Waals surface area contributed by atoms with Gasteiger partial charge >= 0.3 is 5.97 Å². The molecule has 10 aromatic heterocycles. The largest absolute Gasteiger partial charge is 0.460 e. The lowest BCUT2D eigenvalue weighted by atomic mass is 9.95. The molecule has 0 radical (unpaired) electrons. The summed E-state index contributed by atoms with van der Waals surface area (Å²) in [6.07, 6.45) is 33.4. The van der Waals surface area contributed by atoms with Gasteiger partial charge in [-0.25, -0.2) is 79.6 Å². The molecule has 7 saturated carbocycles. The normalized spacial score (nSPS) is 19.9. The number of nitrogens with two attached hydrogens (primary N) is 2. The van der Waals surface area contributed by atoms with Gasteiger partial charge in [-0.1, -0.05) is 56.3 Å². The number of hydrogen-bond donors (Lipinski definition) is 7. The molecule has 21 rings (SSSR count). The molecule has 0 unspecified atom stereocenters. The SMILES string of the molecule is CC(C)NC1CCCCC1.CCOC(=O)c1nc2c(N[C@H]3CCN(C(=O)C4CC4)C3)ncnc2n1CC.CCn1c(C(=O)NCC2CC2)nc2c(N[C@H]3CCN(C(=O)C4CC4)C3)ncnc21.CCn1c(Cl)nc2c(Cl)ncnc21.CCn1c(Cl)nc2c(N[C@H]3CCN(C(=O)C4CC4)C3)ncnc21.CCn1cnc2c(Cl)ncnc21.NCC1CC1.N[C@H]1CCN(C(=O)C2CC2)C1. The number of anilines is 3. The number of ether oxygens (including phenoxy) is 1. The Morgan fingerprint density at radius 3 is 1.21 bits per heavy atom. The molecule has 0 spiro atoms. The number of carbonyl (C=O) groups is 6. The fourth-order valence-corrected chi connectivity index (χ4v) is 17.6. The summed E-state index contributed by atoms with van der Waals surface area (Å²) in [7, 11) is 0. The van der Waals surface area contributed by atoms with Crippen LogP contribution in [0, 0.1) is 35.5 Å². The van der Waals surface area contributed by atoms with Gasteiger partial charge in [0.2, 0.25) is 45.8 Å². The highest BCUT2D eigenvalue weighted by Gasteiger charge is 2.41. The van der Waals surface area contributed by atoms with Gasteiger partial charge in [0.05, 0.1) is 12.9 Å². The van der Waals surface area contributed by atoms with Crippen molar-refractivity contribution in [2.24, 2.45) is 47.0 Å². The number of halogens is 4. The number of fused-ring (bicyclic) bond motifs is 5. The summed E-state index contributed by atoms with van der Waals surface area (Å²) in [5, 5.41) is 18.4. The van der Waals surface area contributed by atoms with E-state index >= 15 is 0 Å². The average Bonchev–Trinajstić information content (AvgIpc) is 1.64. The number of carbonyl (C=O) groups excluding carboxylic acids is 6. The van der Waals surface area contributed by atoms with Crippen LogP contribution in [0.15, 0.2) is 38.0 Å². The second-order valence-corrected chi connectivity index (χ2v) is 36.8. The molecule has 7 aliphatic carbocycles. The highest BCUT2D eigenvalue weighted by molar-refractivity contribution is 6.34. The minimum Gasteiger partial charge on any atom is -0.460 e. The van der Waals surface area contributed by atoms with Gasteiger partial charge in [-0.15, -0.1) is 0 Å². The van der Waals surface area contributed by atoms with E-state index in [0.717, 1.165) is 153 Å². The number of rotatable bonds is 23. The molecule has 14 heterocycles. The van der Waals surface area contributed by atoms with E-state index in [1.807, 2.05) is 67.9 Å². The van der Waals surface area contributed by atoms with E-state index in [1.54, 1.807) is 22.4 Å². The fraction of sp³-hybridized carbons (Fsp3) is 0.648. The molecule has 42 heteroatoms. The average molecular weight is 1870 g/mol. The van der Waals surface area contributed by atoms with E-state index in [9.17, 15) is 28.8 Å². The maximum atomic E-state index is 12.7. The van der Waals surface area contributed by atoms with Crippen LogP contribution in [0.1, 0.15) is 211 Å². The lowest BCUT2D eigenvalue weighted by molar-refractivity contribution is -0.132. The molecule has 702 valence electrons. The van der Waals surface area contributed by atoms with Crippen molar-refractivity contribution in [2.75, 3.05) is 88.0 Å². The first kappa shape index (κ1) is 96.1. The number of nitrogens with one attached hydrogen (secondary N) is 5. The lowest BCUT2D eigenvalue weighted by Gasteiger charge is -2.24. The van der Waals surface area contributed by atoms with Gasteiger partial charge in [0, 0.05) is 152 Å².